The van der Waals surface area contributed by atoms with Crippen molar-refractivity contribution in [2.45, 2.75) is 11.5 Å². The highest BCUT2D eigenvalue weighted by Crippen LogP contribution is 2.30. The van der Waals surface area contributed by atoms with E-state index in [2.05, 4.69) is 4.98 Å². The second-order valence-corrected chi connectivity index (χ2v) is 9.72. The van der Waals surface area contributed by atoms with Crippen molar-refractivity contribution in [1.82, 2.24) is 14.2 Å². The maximum Gasteiger partial charge on any atom is 0.254 e. The number of hydrogen-bond donors (Lipinski definition) is 0. The molecule has 180 valence electrons. The molecule has 2 aromatic carbocycles. The molecule has 3 aromatic rings. The Bertz CT molecular complexity index is 1350. The van der Waals surface area contributed by atoms with E-state index in [9.17, 15) is 18.5 Å². The van der Waals surface area contributed by atoms with Gasteiger partial charge in [-0.2, -0.15) is 9.57 Å². The summed E-state index contributed by atoms with van der Waals surface area (Å²) in [5.41, 5.74) is 1.44. The fourth-order valence-electron chi connectivity index (χ4n) is 3.80. The summed E-state index contributed by atoms with van der Waals surface area (Å²) in [5, 5.41) is 9.28. The number of benzene rings is 2. The summed E-state index contributed by atoms with van der Waals surface area (Å²) < 4.78 is 38.7. The van der Waals surface area contributed by atoms with Gasteiger partial charge in [-0.05, 0) is 48.0 Å². The molecule has 1 amide bonds. The summed E-state index contributed by atoms with van der Waals surface area (Å²) in [7, 11) is -2.31. The zero-order chi connectivity index (χ0) is 24.8. The number of piperazine rings is 1. The minimum Gasteiger partial charge on any atom is -0.493 e. The molecule has 0 bridgehead atoms. The highest BCUT2D eigenvalue weighted by molar-refractivity contribution is 7.89. The van der Waals surface area contributed by atoms with Gasteiger partial charge in [-0.15, -0.1) is 0 Å². The Morgan fingerprint density at radius 2 is 1.74 bits per heavy atom. The first-order chi connectivity index (χ1) is 16.9. The first-order valence-corrected chi connectivity index (χ1v) is 12.4. The van der Waals surface area contributed by atoms with E-state index in [0.29, 0.717) is 17.1 Å². The van der Waals surface area contributed by atoms with Gasteiger partial charge in [0, 0.05) is 44.1 Å². The van der Waals surface area contributed by atoms with E-state index in [1.165, 1.54) is 23.5 Å². The molecular weight excluding hydrogens is 468 g/mol. The van der Waals surface area contributed by atoms with Crippen molar-refractivity contribution < 1.29 is 22.7 Å². The van der Waals surface area contributed by atoms with Crippen LogP contribution in [0.2, 0.25) is 0 Å². The van der Waals surface area contributed by atoms with Gasteiger partial charge in [0.1, 0.15) is 12.7 Å². The molecule has 35 heavy (non-hydrogen) atoms. The summed E-state index contributed by atoms with van der Waals surface area (Å²) in [5.74, 6) is 0.711. The molecule has 0 unspecified atom stereocenters. The van der Waals surface area contributed by atoms with E-state index in [4.69, 9.17) is 9.47 Å². The van der Waals surface area contributed by atoms with Gasteiger partial charge >= 0.3 is 0 Å². The van der Waals surface area contributed by atoms with Crippen LogP contribution in [0.25, 0.3) is 0 Å². The zero-order valence-electron chi connectivity index (χ0n) is 19.1. The van der Waals surface area contributed by atoms with Crippen molar-refractivity contribution in [3.63, 3.8) is 0 Å². The van der Waals surface area contributed by atoms with Gasteiger partial charge in [-0.3, -0.25) is 9.78 Å². The Morgan fingerprint density at radius 3 is 2.43 bits per heavy atom. The van der Waals surface area contributed by atoms with E-state index < -0.39 is 10.0 Å². The third-order valence-electron chi connectivity index (χ3n) is 5.71. The molecule has 0 N–H and O–H groups in total. The van der Waals surface area contributed by atoms with Crippen LogP contribution < -0.4 is 9.47 Å². The number of aromatic nitrogens is 1. The van der Waals surface area contributed by atoms with Gasteiger partial charge in [0.2, 0.25) is 10.0 Å². The Hall–Kier alpha value is -3.94. The average molecular weight is 493 g/mol. The lowest BCUT2D eigenvalue weighted by Crippen LogP contribution is -2.50. The summed E-state index contributed by atoms with van der Waals surface area (Å²) >= 11 is 0. The quantitative estimate of drug-likeness (QED) is 0.498. The van der Waals surface area contributed by atoms with Crippen molar-refractivity contribution in [3.05, 3.63) is 83.7 Å². The largest absolute Gasteiger partial charge is 0.493 e. The Kier molecular flexibility index (Phi) is 7.29. The van der Waals surface area contributed by atoms with Crippen molar-refractivity contribution in [2.75, 3.05) is 33.3 Å². The van der Waals surface area contributed by atoms with Crippen LogP contribution in [0.3, 0.4) is 0 Å². The Morgan fingerprint density at radius 1 is 1.03 bits per heavy atom. The summed E-state index contributed by atoms with van der Waals surface area (Å²) in [6, 6.07) is 16.7. The number of sulfonamides is 1. The maximum atomic E-state index is 13.2. The van der Waals surface area contributed by atoms with Gasteiger partial charge < -0.3 is 14.4 Å². The highest BCUT2D eigenvalue weighted by Gasteiger charge is 2.32. The molecule has 9 nitrogen and oxygen atoms in total. The average Bonchev–Trinajstić information content (AvgIpc) is 2.92. The van der Waals surface area contributed by atoms with E-state index in [1.807, 2.05) is 18.2 Å². The molecule has 0 radical (unpaired) electrons. The molecule has 1 fully saturated rings. The number of amides is 1. The van der Waals surface area contributed by atoms with Crippen LogP contribution in [0.1, 0.15) is 21.5 Å². The smallest absolute Gasteiger partial charge is 0.254 e. The van der Waals surface area contributed by atoms with Crippen LogP contribution >= 0.6 is 0 Å². The van der Waals surface area contributed by atoms with Crippen LogP contribution in [0.5, 0.6) is 11.5 Å². The Balaban J connectivity index is 1.45. The van der Waals surface area contributed by atoms with Gasteiger partial charge in [-0.1, -0.05) is 12.1 Å². The summed E-state index contributed by atoms with van der Waals surface area (Å²) in [4.78, 5) is 18.7. The molecule has 1 aliphatic rings. The van der Waals surface area contributed by atoms with E-state index in [0.717, 1.165) is 5.56 Å². The molecule has 0 aliphatic carbocycles. The minimum absolute atomic E-state index is 0.0200. The zero-order valence-corrected chi connectivity index (χ0v) is 19.9. The van der Waals surface area contributed by atoms with Crippen molar-refractivity contribution in [3.8, 4) is 17.6 Å². The lowest BCUT2D eigenvalue weighted by molar-refractivity contribution is 0.0697. The fraction of sp³-hybridized carbons (Fsp3) is 0.240. The molecule has 1 saturated heterocycles. The normalized spacial score (nSPS) is 14.2. The number of pyridine rings is 1. The number of hydrogen-bond acceptors (Lipinski definition) is 7. The fourth-order valence-corrected chi connectivity index (χ4v) is 5.36. The predicted octanol–water partition coefficient (Wildman–Crippen LogP) is 2.69. The molecule has 10 heteroatoms. The predicted molar refractivity (Wildman–Crippen MR) is 127 cm³/mol. The van der Waals surface area contributed by atoms with E-state index >= 15 is 0 Å². The van der Waals surface area contributed by atoms with E-state index in [-0.39, 0.29) is 49.2 Å². The number of nitrogens with zero attached hydrogens (tertiary/aromatic N) is 4. The first kappa shape index (κ1) is 24.2. The monoisotopic (exact) mass is 492 g/mol. The summed E-state index contributed by atoms with van der Waals surface area (Å²) in [6.07, 6.45) is 3.35. The molecule has 1 aromatic heterocycles. The minimum atomic E-state index is -3.84. The third-order valence-corrected chi connectivity index (χ3v) is 7.66. The van der Waals surface area contributed by atoms with Gasteiger partial charge in [-0.25, -0.2) is 8.42 Å². The van der Waals surface area contributed by atoms with Crippen LogP contribution in [0, 0.1) is 11.3 Å². The summed E-state index contributed by atoms with van der Waals surface area (Å²) in [6.45, 7) is 1.01. The number of carbonyl (C=O) groups excluding carboxylic acids is 1. The topological polar surface area (TPSA) is 113 Å². The molecule has 0 saturated carbocycles. The number of ether oxygens (including phenoxy) is 2. The highest BCUT2D eigenvalue weighted by atomic mass is 32.2. The van der Waals surface area contributed by atoms with Gasteiger partial charge in [0.15, 0.2) is 11.5 Å². The molecule has 0 spiro atoms. The van der Waals surface area contributed by atoms with Gasteiger partial charge in [0.05, 0.1) is 17.6 Å². The molecule has 2 heterocycles. The van der Waals surface area contributed by atoms with Crippen molar-refractivity contribution in [2.24, 2.45) is 0 Å². The number of carbonyl (C=O) groups is 1. The lowest BCUT2D eigenvalue weighted by atomic mass is 10.1. The second kappa shape index (κ2) is 10.5. The second-order valence-electron chi connectivity index (χ2n) is 7.81. The van der Waals surface area contributed by atoms with E-state index in [1.54, 1.807) is 47.6 Å². The first-order valence-electron chi connectivity index (χ1n) is 10.9. The Labute approximate surface area is 204 Å². The number of methoxy groups -OCH3 is 1. The third kappa shape index (κ3) is 5.26. The van der Waals surface area contributed by atoms with Crippen molar-refractivity contribution >= 4 is 15.9 Å². The van der Waals surface area contributed by atoms with Crippen LogP contribution in [0.15, 0.2) is 71.9 Å². The molecule has 0 atom stereocenters. The number of nitriles is 1. The van der Waals surface area contributed by atoms with Crippen LogP contribution in [-0.2, 0) is 16.6 Å². The number of rotatable bonds is 7. The van der Waals surface area contributed by atoms with Gasteiger partial charge in [0.25, 0.3) is 5.91 Å². The molecular formula is C25H24N4O5S. The van der Waals surface area contributed by atoms with Crippen LogP contribution in [0.4, 0.5) is 0 Å². The SMILES string of the molecule is COc1ccc(C(=O)N2CCN(S(=O)(=O)c3ccccc3C#N)CC2)cc1OCc1ccncc1. The van der Waals surface area contributed by atoms with Crippen molar-refractivity contribution in [1.29, 1.82) is 5.26 Å². The molecule has 4 rings (SSSR count). The van der Waals surface area contributed by atoms with Crippen LogP contribution in [-0.4, -0.2) is 61.8 Å². The maximum absolute atomic E-state index is 13.2. The lowest BCUT2D eigenvalue weighted by Gasteiger charge is -2.34. The molecule has 1 aliphatic heterocycles. The standard InChI is InChI=1S/C25H24N4O5S/c1-33-22-7-6-20(16-23(22)34-18-19-8-10-27-11-9-19)25(30)28-12-14-29(15-13-28)35(31,32)24-5-3-2-4-21(24)17-26/h2-11,16H,12-15,18H2,1H3.